The molecule has 0 bridgehead atoms. The molecule has 2 amide bonds. The first kappa shape index (κ1) is 28.1. The number of nitrogens with one attached hydrogen (secondary N) is 2. The van der Waals surface area contributed by atoms with Gasteiger partial charge in [0.1, 0.15) is 17.7 Å². The molecular formula is C24H19ClF3N3O7. The van der Waals surface area contributed by atoms with E-state index in [2.05, 4.69) is 5.32 Å². The molecule has 0 aliphatic heterocycles. The Labute approximate surface area is 216 Å². The number of halogens is 4. The van der Waals surface area contributed by atoms with E-state index < -0.39 is 77.5 Å². The standard InChI is InChI=1S/C24H19ClF3N3O7/c25-15-7-2-1-5-13(15)11-31-22(37)17(19(34)18(23(31)38)21(36)30-10-16(32)33)20(35)29-9-12-4-3-6-14(8-12)24(26,27)28/h1-8,34,37H,9-11H2,(H,29,35)(H,30,36)(H,32,33). The number of aromatic nitrogens is 1. The Morgan fingerprint density at radius 1 is 0.947 bits per heavy atom. The van der Waals surface area contributed by atoms with Crippen molar-refractivity contribution >= 4 is 29.4 Å². The number of carboxylic acid groups (broad SMARTS) is 1. The maximum atomic E-state index is 13.1. The zero-order valence-corrected chi connectivity index (χ0v) is 19.9. The summed E-state index contributed by atoms with van der Waals surface area (Å²) in [5.41, 5.74) is -3.91. The van der Waals surface area contributed by atoms with Gasteiger partial charge in [-0.25, -0.2) is 0 Å². The van der Waals surface area contributed by atoms with Crippen LogP contribution in [0.4, 0.5) is 13.2 Å². The third-order valence-electron chi connectivity index (χ3n) is 5.26. The van der Waals surface area contributed by atoms with E-state index in [-0.39, 0.29) is 16.1 Å². The minimum atomic E-state index is -4.64. The lowest BCUT2D eigenvalue weighted by atomic mass is 10.1. The van der Waals surface area contributed by atoms with Crippen LogP contribution in [0, 0.1) is 0 Å². The zero-order valence-electron chi connectivity index (χ0n) is 19.2. The number of nitrogens with zero attached hydrogens (tertiary/aromatic N) is 1. The van der Waals surface area contributed by atoms with Gasteiger partial charge < -0.3 is 26.0 Å². The quantitative estimate of drug-likeness (QED) is 0.287. The van der Waals surface area contributed by atoms with E-state index in [0.717, 1.165) is 18.2 Å². The van der Waals surface area contributed by atoms with Crippen molar-refractivity contribution in [3.63, 3.8) is 0 Å². The third kappa shape index (κ3) is 6.24. The van der Waals surface area contributed by atoms with Gasteiger partial charge in [-0.3, -0.25) is 23.7 Å². The minimum Gasteiger partial charge on any atom is -0.506 e. The molecule has 0 aliphatic carbocycles. The number of benzene rings is 2. The van der Waals surface area contributed by atoms with E-state index >= 15 is 0 Å². The maximum Gasteiger partial charge on any atom is 0.416 e. The summed E-state index contributed by atoms with van der Waals surface area (Å²) >= 11 is 6.11. The highest BCUT2D eigenvalue weighted by Gasteiger charge is 2.31. The molecular weight excluding hydrogens is 535 g/mol. The predicted octanol–water partition coefficient (Wildman–Crippen LogP) is 2.72. The lowest BCUT2D eigenvalue weighted by molar-refractivity contribution is -0.138. The number of aliphatic carboxylic acids is 1. The van der Waals surface area contributed by atoms with Crippen LogP contribution in [-0.4, -0.2) is 44.2 Å². The van der Waals surface area contributed by atoms with E-state index in [4.69, 9.17) is 16.7 Å². The second-order valence-electron chi connectivity index (χ2n) is 7.86. The van der Waals surface area contributed by atoms with Crippen LogP contribution in [0.25, 0.3) is 0 Å². The number of pyridine rings is 1. The van der Waals surface area contributed by atoms with E-state index in [9.17, 15) is 42.6 Å². The molecule has 14 heteroatoms. The lowest BCUT2D eigenvalue weighted by Gasteiger charge is -2.17. The Morgan fingerprint density at radius 2 is 1.61 bits per heavy atom. The molecule has 1 heterocycles. The van der Waals surface area contributed by atoms with E-state index in [0.29, 0.717) is 4.57 Å². The molecule has 5 N–H and O–H groups in total. The summed E-state index contributed by atoms with van der Waals surface area (Å²) in [6.07, 6.45) is -4.64. The van der Waals surface area contributed by atoms with Gasteiger partial charge in [-0.1, -0.05) is 41.9 Å². The van der Waals surface area contributed by atoms with Crippen LogP contribution in [0.1, 0.15) is 37.4 Å². The van der Waals surface area contributed by atoms with Crippen LogP contribution < -0.4 is 16.2 Å². The minimum absolute atomic E-state index is 0.0240. The number of carbonyl (C=O) groups is 3. The lowest BCUT2D eigenvalue weighted by Crippen LogP contribution is -2.37. The molecule has 1 aromatic heterocycles. The van der Waals surface area contributed by atoms with Crippen molar-refractivity contribution in [2.24, 2.45) is 0 Å². The van der Waals surface area contributed by atoms with Crippen LogP contribution >= 0.6 is 11.6 Å². The summed E-state index contributed by atoms with van der Waals surface area (Å²) < 4.78 is 39.5. The molecule has 0 unspecified atom stereocenters. The number of rotatable bonds is 8. The molecule has 0 spiro atoms. The number of hydrogen-bond acceptors (Lipinski definition) is 6. The Kier molecular flexibility index (Phi) is 8.31. The summed E-state index contributed by atoms with van der Waals surface area (Å²) in [6.45, 7) is -1.87. The van der Waals surface area contributed by atoms with Crippen LogP contribution in [0.15, 0.2) is 53.3 Å². The molecule has 38 heavy (non-hydrogen) atoms. The topological polar surface area (TPSA) is 158 Å². The highest BCUT2D eigenvalue weighted by atomic mass is 35.5. The summed E-state index contributed by atoms with van der Waals surface area (Å²) in [7, 11) is 0. The first-order valence-electron chi connectivity index (χ1n) is 10.7. The van der Waals surface area contributed by atoms with Crippen molar-refractivity contribution < 1.29 is 42.9 Å². The normalized spacial score (nSPS) is 11.2. The van der Waals surface area contributed by atoms with Gasteiger partial charge >= 0.3 is 12.1 Å². The second kappa shape index (κ2) is 11.3. The molecule has 0 atom stereocenters. The molecule has 200 valence electrons. The molecule has 3 rings (SSSR count). The highest BCUT2D eigenvalue weighted by molar-refractivity contribution is 6.31. The molecule has 0 radical (unpaired) electrons. The molecule has 3 aromatic rings. The fraction of sp³-hybridized carbons (Fsp3) is 0.167. The van der Waals surface area contributed by atoms with Crippen molar-refractivity contribution in [2.45, 2.75) is 19.3 Å². The Balaban J connectivity index is 2.05. The number of aromatic hydroxyl groups is 2. The molecule has 10 nitrogen and oxygen atoms in total. The zero-order chi connectivity index (χ0) is 28.2. The third-order valence-corrected chi connectivity index (χ3v) is 5.63. The Morgan fingerprint density at radius 3 is 2.24 bits per heavy atom. The number of carbonyl (C=O) groups excluding carboxylic acids is 2. The first-order chi connectivity index (χ1) is 17.8. The van der Waals surface area contributed by atoms with Gasteiger partial charge in [-0.15, -0.1) is 0 Å². The SMILES string of the molecule is O=C(O)CNC(=O)c1c(O)c(C(=O)NCc2cccc(C(F)(F)F)c2)c(O)n(Cc2ccccc2Cl)c1=O. The van der Waals surface area contributed by atoms with Gasteiger partial charge in [0.2, 0.25) is 5.88 Å². The van der Waals surface area contributed by atoms with Gasteiger partial charge in [0.05, 0.1) is 12.1 Å². The number of carboxylic acids is 1. The summed E-state index contributed by atoms with van der Waals surface area (Å²) in [6, 6.07) is 10.1. The van der Waals surface area contributed by atoms with Gasteiger partial charge in [0.25, 0.3) is 17.4 Å². The number of hydrogen-bond donors (Lipinski definition) is 5. The van der Waals surface area contributed by atoms with Gasteiger partial charge in [-0.2, -0.15) is 13.2 Å². The summed E-state index contributed by atoms with van der Waals surface area (Å²) in [5.74, 6) is -6.38. The van der Waals surface area contributed by atoms with Crippen molar-refractivity contribution in [3.05, 3.63) is 91.7 Å². The predicted molar refractivity (Wildman–Crippen MR) is 127 cm³/mol. The molecule has 2 aromatic carbocycles. The van der Waals surface area contributed by atoms with Gasteiger partial charge in [-0.05, 0) is 29.3 Å². The van der Waals surface area contributed by atoms with Crippen LogP contribution in [0.2, 0.25) is 5.02 Å². The summed E-state index contributed by atoms with van der Waals surface area (Å²) in [4.78, 5) is 49.4. The number of amides is 2. The van der Waals surface area contributed by atoms with Crippen molar-refractivity contribution in [1.29, 1.82) is 0 Å². The highest BCUT2D eigenvalue weighted by Crippen LogP contribution is 2.31. The van der Waals surface area contributed by atoms with Gasteiger partial charge in [0, 0.05) is 11.6 Å². The average Bonchev–Trinajstić information content (AvgIpc) is 2.84. The Hall–Kier alpha value is -4.52. The molecule has 0 saturated heterocycles. The van der Waals surface area contributed by atoms with Crippen molar-refractivity contribution in [3.8, 4) is 11.6 Å². The second-order valence-corrected chi connectivity index (χ2v) is 8.27. The Bertz CT molecular complexity index is 1470. The van der Waals surface area contributed by atoms with Crippen molar-refractivity contribution in [1.82, 2.24) is 15.2 Å². The first-order valence-corrected chi connectivity index (χ1v) is 11.1. The number of alkyl halides is 3. The fourth-order valence-corrected chi connectivity index (χ4v) is 3.62. The summed E-state index contributed by atoms with van der Waals surface area (Å²) in [5, 5.41) is 34.5. The smallest absolute Gasteiger partial charge is 0.416 e. The average molecular weight is 554 g/mol. The van der Waals surface area contributed by atoms with Crippen molar-refractivity contribution in [2.75, 3.05) is 6.54 Å². The fourth-order valence-electron chi connectivity index (χ4n) is 3.43. The molecule has 0 saturated carbocycles. The van der Waals surface area contributed by atoms with E-state index in [1.165, 1.54) is 18.2 Å². The van der Waals surface area contributed by atoms with Crippen LogP contribution in [0.5, 0.6) is 11.6 Å². The molecule has 0 fully saturated rings. The maximum absolute atomic E-state index is 13.1. The van der Waals surface area contributed by atoms with Crippen LogP contribution in [0.3, 0.4) is 0 Å². The van der Waals surface area contributed by atoms with Gasteiger partial charge in [0.15, 0.2) is 5.75 Å². The largest absolute Gasteiger partial charge is 0.506 e. The van der Waals surface area contributed by atoms with E-state index in [1.807, 2.05) is 5.32 Å². The van der Waals surface area contributed by atoms with Crippen LogP contribution in [-0.2, 0) is 24.1 Å². The molecule has 0 aliphatic rings. The monoisotopic (exact) mass is 553 g/mol. The van der Waals surface area contributed by atoms with E-state index in [1.54, 1.807) is 12.1 Å².